The number of hydrogen-bond acceptors (Lipinski definition) is 5. The fourth-order valence-electron chi connectivity index (χ4n) is 3.12. The number of halogens is 3. The van der Waals surface area contributed by atoms with Crippen molar-refractivity contribution in [1.82, 2.24) is 10.3 Å². The summed E-state index contributed by atoms with van der Waals surface area (Å²) in [6.45, 7) is 1.32. The molecule has 9 heteroatoms. The monoisotopic (exact) mass is 403 g/mol. The van der Waals surface area contributed by atoms with Gasteiger partial charge in [0.2, 0.25) is 5.91 Å². The maximum absolute atomic E-state index is 12.6. The topological polar surface area (TPSA) is 81.0 Å². The number of nitrogens with one attached hydrogen (secondary N) is 2. The Hall–Kier alpha value is -3.28. The molecule has 0 aliphatic carbocycles. The SMILES string of the molecule is N#Cc1ccc(NCC(=O)NC2CCN(c3ccc(C(F)(F)F)cn3)CC2)cc1. The Balaban J connectivity index is 1.43. The molecule has 0 spiro atoms. The molecule has 2 aromatic rings. The number of amides is 1. The van der Waals surface area contributed by atoms with Gasteiger partial charge in [-0.25, -0.2) is 4.98 Å². The Labute approximate surface area is 166 Å². The zero-order valence-corrected chi connectivity index (χ0v) is 15.5. The smallest absolute Gasteiger partial charge is 0.376 e. The Bertz CT molecular complexity index is 867. The Morgan fingerprint density at radius 3 is 2.41 bits per heavy atom. The molecule has 3 rings (SSSR count). The van der Waals surface area contributed by atoms with E-state index in [0.717, 1.165) is 18.0 Å². The number of carbonyl (C=O) groups excluding carboxylic acids is 1. The number of benzene rings is 1. The van der Waals surface area contributed by atoms with E-state index in [1.807, 2.05) is 11.0 Å². The predicted molar refractivity (Wildman–Crippen MR) is 102 cm³/mol. The summed E-state index contributed by atoms with van der Waals surface area (Å²) in [4.78, 5) is 18.0. The van der Waals surface area contributed by atoms with Crippen molar-refractivity contribution in [3.63, 3.8) is 0 Å². The maximum atomic E-state index is 12.6. The van der Waals surface area contributed by atoms with Gasteiger partial charge in [0, 0.05) is 31.0 Å². The van der Waals surface area contributed by atoms with Gasteiger partial charge >= 0.3 is 6.18 Å². The number of nitriles is 1. The van der Waals surface area contributed by atoms with Crippen LogP contribution in [0.15, 0.2) is 42.6 Å². The van der Waals surface area contributed by atoms with E-state index < -0.39 is 11.7 Å². The molecule has 29 heavy (non-hydrogen) atoms. The number of anilines is 2. The number of piperidine rings is 1. The summed E-state index contributed by atoms with van der Waals surface area (Å²) in [5.74, 6) is 0.366. The van der Waals surface area contributed by atoms with Crippen LogP contribution in [0.25, 0.3) is 0 Å². The van der Waals surface area contributed by atoms with Gasteiger partial charge in [-0.1, -0.05) is 0 Å². The van der Waals surface area contributed by atoms with Crippen LogP contribution in [0.5, 0.6) is 0 Å². The zero-order chi connectivity index (χ0) is 20.9. The number of pyridine rings is 1. The van der Waals surface area contributed by atoms with Gasteiger partial charge in [0.15, 0.2) is 0 Å². The molecule has 2 N–H and O–H groups in total. The van der Waals surface area contributed by atoms with Crippen LogP contribution in [0.1, 0.15) is 24.0 Å². The molecule has 0 unspecified atom stereocenters. The summed E-state index contributed by atoms with van der Waals surface area (Å²) >= 11 is 0. The standard InChI is InChI=1S/C20H20F3N5O/c21-20(22,23)15-3-6-18(26-12-15)28-9-7-17(8-10-28)27-19(29)13-25-16-4-1-14(11-24)2-5-16/h1-6,12,17,25H,7-10,13H2,(H,27,29). The minimum absolute atomic E-state index is 0.0102. The predicted octanol–water partition coefficient (Wildman–Crippen LogP) is 3.17. The van der Waals surface area contributed by atoms with E-state index in [-0.39, 0.29) is 18.5 Å². The minimum atomic E-state index is -4.39. The van der Waals surface area contributed by atoms with E-state index in [0.29, 0.717) is 37.3 Å². The second kappa shape index (κ2) is 8.82. The Kier molecular flexibility index (Phi) is 6.22. The highest BCUT2D eigenvalue weighted by atomic mass is 19.4. The van der Waals surface area contributed by atoms with Crippen LogP contribution >= 0.6 is 0 Å². The lowest BCUT2D eigenvalue weighted by Gasteiger charge is -2.33. The normalized spacial score (nSPS) is 14.9. The first-order chi connectivity index (χ1) is 13.8. The third-order valence-corrected chi connectivity index (χ3v) is 4.73. The summed E-state index contributed by atoms with van der Waals surface area (Å²) in [6.07, 6.45) is -2.18. The molecule has 2 heterocycles. The van der Waals surface area contributed by atoms with Crippen molar-refractivity contribution in [3.8, 4) is 6.07 Å². The van der Waals surface area contributed by atoms with Crippen LogP contribution < -0.4 is 15.5 Å². The average molecular weight is 403 g/mol. The highest BCUT2D eigenvalue weighted by Gasteiger charge is 2.31. The summed E-state index contributed by atoms with van der Waals surface area (Å²) in [5, 5.41) is 14.7. The van der Waals surface area contributed by atoms with E-state index in [2.05, 4.69) is 15.6 Å². The van der Waals surface area contributed by atoms with E-state index in [4.69, 9.17) is 5.26 Å². The average Bonchev–Trinajstić information content (AvgIpc) is 2.73. The molecule has 1 fully saturated rings. The summed E-state index contributed by atoms with van der Waals surface area (Å²) in [7, 11) is 0. The third-order valence-electron chi connectivity index (χ3n) is 4.73. The van der Waals surface area contributed by atoms with Crippen LogP contribution in [-0.2, 0) is 11.0 Å². The first kappa shape index (κ1) is 20.5. The largest absolute Gasteiger partial charge is 0.417 e. The van der Waals surface area contributed by atoms with E-state index >= 15 is 0 Å². The molecule has 1 aliphatic rings. The molecule has 1 amide bonds. The van der Waals surface area contributed by atoms with Gasteiger partial charge in [-0.15, -0.1) is 0 Å². The fourth-order valence-corrected chi connectivity index (χ4v) is 3.12. The first-order valence-corrected chi connectivity index (χ1v) is 9.17. The second-order valence-electron chi connectivity index (χ2n) is 6.77. The molecule has 0 bridgehead atoms. The Morgan fingerprint density at radius 2 is 1.86 bits per heavy atom. The maximum Gasteiger partial charge on any atom is 0.417 e. The van der Waals surface area contributed by atoms with Crippen molar-refractivity contribution in [2.24, 2.45) is 0 Å². The highest BCUT2D eigenvalue weighted by Crippen LogP contribution is 2.29. The van der Waals surface area contributed by atoms with Crippen molar-refractivity contribution < 1.29 is 18.0 Å². The van der Waals surface area contributed by atoms with Crippen LogP contribution in [-0.4, -0.2) is 36.6 Å². The van der Waals surface area contributed by atoms with Gasteiger partial charge < -0.3 is 15.5 Å². The molecule has 0 saturated carbocycles. The van der Waals surface area contributed by atoms with Crippen molar-refractivity contribution in [3.05, 3.63) is 53.7 Å². The van der Waals surface area contributed by atoms with Gasteiger partial charge in [-0.05, 0) is 49.2 Å². The van der Waals surface area contributed by atoms with Gasteiger partial charge in [-0.3, -0.25) is 4.79 Å². The number of nitrogens with zero attached hydrogens (tertiary/aromatic N) is 3. The molecule has 0 atom stereocenters. The van der Waals surface area contributed by atoms with Crippen molar-refractivity contribution >= 4 is 17.4 Å². The fraction of sp³-hybridized carbons (Fsp3) is 0.350. The highest BCUT2D eigenvalue weighted by molar-refractivity contribution is 5.81. The molecule has 0 radical (unpaired) electrons. The van der Waals surface area contributed by atoms with Crippen LogP contribution in [0, 0.1) is 11.3 Å². The molecular weight excluding hydrogens is 383 g/mol. The summed E-state index contributed by atoms with van der Waals surface area (Å²) in [6, 6.07) is 11.3. The number of hydrogen-bond donors (Lipinski definition) is 2. The van der Waals surface area contributed by atoms with Crippen LogP contribution in [0.4, 0.5) is 24.7 Å². The zero-order valence-electron chi connectivity index (χ0n) is 15.5. The van der Waals surface area contributed by atoms with Crippen LogP contribution in [0.2, 0.25) is 0 Å². The number of aromatic nitrogens is 1. The van der Waals surface area contributed by atoms with E-state index in [1.54, 1.807) is 24.3 Å². The molecule has 1 aromatic carbocycles. The molecule has 1 saturated heterocycles. The molecular formula is C20H20F3N5O. The minimum Gasteiger partial charge on any atom is -0.376 e. The van der Waals surface area contributed by atoms with E-state index in [9.17, 15) is 18.0 Å². The summed E-state index contributed by atoms with van der Waals surface area (Å²) < 4.78 is 37.9. The van der Waals surface area contributed by atoms with Gasteiger partial charge in [0.25, 0.3) is 0 Å². The molecule has 1 aromatic heterocycles. The van der Waals surface area contributed by atoms with Crippen molar-refractivity contribution in [2.45, 2.75) is 25.1 Å². The van der Waals surface area contributed by atoms with E-state index in [1.165, 1.54) is 6.07 Å². The molecule has 6 nitrogen and oxygen atoms in total. The quantitative estimate of drug-likeness (QED) is 0.802. The van der Waals surface area contributed by atoms with Gasteiger partial charge in [0.1, 0.15) is 5.82 Å². The third kappa shape index (κ3) is 5.60. The van der Waals surface area contributed by atoms with Gasteiger partial charge in [0.05, 0.1) is 23.7 Å². The van der Waals surface area contributed by atoms with Crippen molar-refractivity contribution in [2.75, 3.05) is 29.9 Å². The second-order valence-corrected chi connectivity index (χ2v) is 6.77. The number of rotatable bonds is 5. The van der Waals surface area contributed by atoms with Crippen molar-refractivity contribution in [1.29, 1.82) is 5.26 Å². The first-order valence-electron chi connectivity index (χ1n) is 9.17. The Morgan fingerprint density at radius 1 is 1.17 bits per heavy atom. The summed E-state index contributed by atoms with van der Waals surface area (Å²) in [5.41, 5.74) is 0.537. The molecule has 1 aliphatic heterocycles. The van der Waals surface area contributed by atoms with Crippen LogP contribution in [0.3, 0.4) is 0 Å². The lowest BCUT2D eigenvalue weighted by atomic mass is 10.0. The number of alkyl halides is 3. The lowest BCUT2D eigenvalue weighted by molar-refractivity contribution is -0.137. The lowest BCUT2D eigenvalue weighted by Crippen LogP contribution is -2.46. The number of carbonyl (C=O) groups is 1. The van der Waals surface area contributed by atoms with Gasteiger partial charge in [-0.2, -0.15) is 18.4 Å². The molecule has 152 valence electrons.